The maximum absolute atomic E-state index is 12.8. The number of amides is 1. The highest BCUT2D eigenvalue weighted by Gasteiger charge is 2.42. The molecule has 3 rings (SSSR count). The summed E-state index contributed by atoms with van der Waals surface area (Å²) in [7, 11) is 3.68. The highest BCUT2D eigenvalue weighted by atomic mass is 127. The Balaban J connectivity index is 0.00000300. The van der Waals surface area contributed by atoms with Crippen LogP contribution in [0.15, 0.2) is 41.5 Å². The molecular formula is C22H32IN5O. The highest BCUT2D eigenvalue weighted by Crippen LogP contribution is 2.38. The Labute approximate surface area is 190 Å². The SMILES string of the molecule is CCNC(=NCc1cccc2cccnc12)NCC1(C(=O)N(C)C)CCCC1.I. The second-order valence-corrected chi connectivity index (χ2v) is 7.73. The Morgan fingerprint density at radius 1 is 1.17 bits per heavy atom. The molecule has 0 atom stereocenters. The van der Waals surface area contributed by atoms with Gasteiger partial charge < -0.3 is 15.5 Å². The van der Waals surface area contributed by atoms with Gasteiger partial charge in [0.1, 0.15) is 0 Å². The van der Waals surface area contributed by atoms with Gasteiger partial charge in [0.15, 0.2) is 5.96 Å². The van der Waals surface area contributed by atoms with Crippen molar-refractivity contribution in [1.82, 2.24) is 20.5 Å². The molecule has 2 N–H and O–H groups in total. The number of aliphatic imine (C=N–C) groups is 1. The molecule has 1 amide bonds. The van der Waals surface area contributed by atoms with Crippen molar-refractivity contribution in [3.05, 3.63) is 42.1 Å². The number of fused-ring (bicyclic) bond motifs is 1. The fourth-order valence-electron chi connectivity index (χ4n) is 4.05. The van der Waals surface area contributed by atoms with Crippen LogP contribution in [0.5, 0.6) is 0 Å². The molecule has 1 aromatic heterocycles. The molecule has 0 spiro atoms. The predicted octanol–water partition coefficient (Wildman–Crippen LogP) is 3.56. The zero-order valence-electron chi connectivity index (χ0n) is 17.6. The van der Waals surface area contributed by atoms with E-state index in [0.29, 0.717) is 13.1 Å². The van der Waals surface area contributed by atoms with Crippen molar-refractivity contribution in [2.45, 2.75) is 39.2 Å². The second kappa shape index (κ2) is 10.8. The van der Waals surface area contributed by atoms with Crippen LogP contribution in [0.1, 0.15) is 38.2 Å². The van der Waals surface area contributed by atoms with E-state index < -0.39 is 0 Å². The number of guanidine groups is 1. The van der Waals surface area contributed by atoms with Crippen molar-refractivity contribution in [1.29, 1.82) is 0 Å². The molecule has 158 valence electrons. The second-order valence-electron chi connectivity index (χ2n) is 7.73. The summed E-state index contributed by atoms with van der Waals surface area (Å²) in [5.41, 5.74) is 1.76. The average molecular weight is 509 g/mol. The first-order valence-electron chi connectivity index (χ1n) is 10.1. The van der Waals surface area contributed by atoms with Gasteiger partial charge in [0.25, 0.3) is 0 Å². The van der Waals surface area contributed by atoms with Gasteiger partial charge in [-0.15, -0.1) is 24.0 Å². The van der Waals surface area contributed by atoms with Gasteiger partial charge in [-0.3, -0.25) is 9.78 Å². The Kier molecular flexibility index (Phi) is 8.67. The van der Waals surface area contributed by atoms with Crippen molar-refractivity contribution in [2.24, 2.45) is 10.4 Å². The maximum Gasteiger partial charge on any atom is 0.230 e. The fraction of sp³-hybridized carbons (Fsp3) is 0.500. The van der Waals surface area contributed by atoms with Gasteiger partial charge in [0.2, 0.25) is 5.91 Å². The van der Waals surface area contributed by atoms with E-state index in [-0.39, 0.29) is 35.3 Å². The van der Waals surface area contributed by atoms with Crippen LogP contribution in [0.4, 0.5) is 0 Å². The van der Waals surface area contributed by atoms with E-state index in [1.807, 2.05) is 39.3 Å². The number of hydrogen-bond acceptors (Lipinski definition) is 3. The van der Waals surface area contributed by atoms with Gasteiger partial charge >= 0.3 is 0 Å². The number of nitrogens with one attached hydrogen (secondary N) is 2. The number of aromatic nitrogens is 1. The Bertz CT molecular complexity index is 841. The summed E-state index contributed by atoms with van der Waals surface area (Å²) >= 11 is 0. The Hall–Kier alpha value is -1.90. The lowest BCUT2D eigenvalue weighted by Gasteiger charge is -2.31. The van der Waals surface area contributed by atoms with Crippen LogP contribution in [0.2, 0.25) is 0 Å². The van der Waals surface area contributed by atoms with Crippen LogP contribution in [0.25, 0.3) is 10.9 Å². The molecule has 0 unspecified atom stereocenters. The number of para-hydroxylation sites is 1. The lowest BCUT2D eigenvalue weighted by Crippen LogP contribution is -2.49. The van der Waals surface area contributed by atoms with E-state index in [1.54, 1.807) is 4.90 Å². The van der Waals surface area contributed by atoms with Crippen LogP contribution in [0.3, 0.4) is 0 Å². The molecule has 0 bridgehead atoms. The molecule has 29 heavy (non-hydrogen) atoms. The van der Waals surface area contributed by atoms with Crippen molar-refractivity contribution >= 4 is 46.7 Å². The smallest absolute Gasteiger partial charge is 0.230 e. The van der Waals surface area contributed by atoms with E-state index in [9.17, 15) is 4.79 Å². The number of benzene rings is 1. The van der Waals surface area contributed by atoms with E-state index in [0.717, 1.165) is 54.7 Å². The third-order valence-corrected chi connectivity index (χ3v) is 5.48. The normalized spacial score (nSPS) is 15.6. The maximum atomic E-state index is 12.8. The van der Waals surface area contributed by atoms with Crippen LogP contribution in [-0.4, -0.2) is 48.9 Å². The van der Waals surface area contributed by atoms with Crippen molar-refractivity contribution in [3.8, 4) is 0 Å². The molecule has 1 fully saturated rings. The summed E-state index contributed by atoms with van der Waals surface area (Å²) in [5, 5.41) is 7.85. The molecule has 1 aliphatic rings. The Morgan fingerprint density at radius 2 is 1.90 bits per heavy atom. The van der Waals surface area contributed by atoms with Gasteiger partial charge in [0, 0.05) is 38.8 Å². The first-order valence-corrected chi connectivity index (χ1v) is 10.1. The molecule has 1 saturated carbocycles. The minimum Gasteiger partial charge on any atom is -0.357 e. The van der Waals surface area contributed by atoms with Crippen molar-refractivity contribution in [3.63, 3.8) is 0 Å². The van der Waals surface area contributed by atoms with Crippen LogP contribution in [-0.2, 0) is 11.3 Å². The number of rotatable bonds is 6. The summed E-state index contributed by atoms with van der Waals surface area (Å²) < 4.78 is 0. The van der Waals surface area contributed by atoms with E-state index in [2.05, 4.69) is 33.8 Å². The largest absolute Gasteiger partial charge is 0.357 e. The molecule has 2 aromatic rings. The summed E-state index contributed by atoms with van der Waals surface area (Å²) in [5.74, 6) is 0.958. The zero-order valence-corrected chi connectivity index (χ0v) is 19.9. The predicted molar refractivity (Wildman–Crippen MR) is 130 cm³/mol. The number of carbonyl (C=O) groups excluding carboxylic acids is 1. The van der Waals surface area contributed by atoms with E-state index in [4.69, 9.17) is 4.99 Å². The number of pyridine rings is 1. The van der Waals surface area contributed by atoms with Crippen LogP contribution < -0.4 is 10.6 Å². The third kappa shape index (κ3) is 5.58. The molecule has 0 aliphatic heterocycles. The molecule has 0 saturated heterocycles. The average Bonchev–Trinajstić information content (AvgIpc) is 3.19. The van der Waals surface area contributed by atoms with Gasteiger partial charge in [-0.25, -0.2) is 4.99 Å². The van der Waals surface area contributed by atoms with Crippen LogP contribution in [0, 0.1) is 5.41 Å². The quantitative estimate of drug-likeness (QED) is 0.355. The number of halogens is 1. The highest BCUT2D eigenvalue weighted by molar-refractivity contribution is 14.0. The summed E-state index contributed by atoms with van der Waals surface area (Å²) in [4.78, 5) is 23.8. The van der Waals surface area contributed by atoms with Gasteiger partial charge in [-0.1, -0.05) is 37.1 Å². The Morgan fingerprint density at radius 3 is 2.59 bits per heavy atom. The number of carbonyl (C=O) groups is 1. The summed E-state index contributed by atoms with van der Waals surface area (Å²) in [6.45, 7) is 3.98. The first-order chi connectivity index (χ1) is 13.6. The molecule has 0 radical (unpaired) electrons. The number of nitrogens with zero attached hydrogens (tertiary/aromatic N) is 3. The first kappa shape index (κ1) is 23.4. The van der Waals surface area contributed by atoms with Crippen molar-refractivity contribution in [2.75, 3.05) is 27.2 Å². The lowest BCUT2D eigenvalue weighted by molar-refractivity contribution is -0.138. The lowest BCUT2D eigenvalue weighted by atomic mass is 9.84. The van der Waals surface area contributed by atoms with E-state index >= 15 is 0 Å². The van der Waals surface area contributed by atoms with Crippen molar-refractivity contribution < 1.29 is 4.79 Å². The molecule has 1 heterocycles. The summed E-state index contributed by atoms with van der Waals surface area (Å²) in [6.07, 6.45) is 5.90. The molecular weight excluding hydrogens is 477 g/mol. The molecule has 1 aliphatic carbocycles. The van der Waals surface area contributed by atoms with Crippen LogP contribution >= 0.6 is 24.0 Å². The van der Waals surface area contributed by atoms with Gasteiger partial charge in [-0.2, -0.15) is 0 Å². The minimum atomic E-state index is -0.319. The minimum absolute atomic E-state index is 0. The fourth-order valence-corrected chi connectivity index (χ4v) is 4.05. The molecule has 1 aromatic carbocycles. The zero-order chi connectivity index (χ0) is 20.0. The topological polar surface area (TPSA) is 69.6 Å². The van der Waals surface area contributed by atoms with Gasteiger partial charge in [0.05, 0.1) is 17.5 Å². The monoisotopic (exact) mass is 509 g/mol. The standard InChI is InChI=1S/C22H31N5O.HI/c1-4-23-21(26-16-22(12-5-6-13-22)20(28)27(2)3)25-15-18-10-7-9-17-11-8-14-24-19(17)18;/h7-11,14H,4-6,12-13,15-16H2,1-3H3,(H2,23,25,26);1H. The summed E-state index contributed by atoms with van der Waals surface area (Å²) in [6, 6.07) is 10.2. The van der Waals surface area contributed by atoms with Gasteiger partial charge in [-0.05, 0) is 31.4 Å². The van der Waals surface area contributed by atoms with E-state index in [1.165, 1.54) is 0 Å². The number of hydrogen-bond donors (Lipinski definition) is 2. The third-order valence-electron chi connectivity index (χ3n) is 5.48. The molecule has 7 heteroatoms. The molecule has 6 nitrogen and oxygen atoms in total.